The Bertz CT molecular complexity index is 903. The number of anilines is 1. The Hall–Kier alpha value is -2.74. The first-order chi connectivity index (χ1) is 11.2. The number of ether oxygens (including phenoxy) is 1. The molecule has 0 fully saturated rings. The summed E-state index contributed by atoms with van der Waals surface area (Å²) in [7, 11) is 4.02. The molecule has 1 aromatic carbocycles. The number of halogens is 1. The van der Waals surface area contributed by atoms with Crippen molar-refractivity contribution >= 4 is 11.6 Å². The van der Waals surface area contributed by atoms with Crippen LogP contribution in [0.25, 0.3) is 0 Å². The first-order valence-electron chi connectivity index (χ1n) is 7.10. The molecule has 1 aromatic heterocycles. The van der Waals surface area contributed by atoms with Gasteiger partial charge in [0, 0.05) is 33.0 Å². The van der Waals surface area contributed by atoms with Gasteiger partial charge in [-0.2, -0.15) is 0 Å². The van der Waals surface area contributed by atoms with Gasteiger partial charge in [0.15, 0.2) is 5.60 Å². The average Bonchev–Trinajstić information content (AvgIpc) is 2.57. The molecule has 1 N–H and O–H groups in total. The van der Waals surface area contributed by atoms with Crippen LogP contribution in [0.5, 0.6) is 0 Å². The molecule has 0 unspecified atom stereocenters. The number of carbonyl (C=O) groups excluding carboxylic acids is 1. The fourth-order valence-electron chi connectivity index (χ4n) is 2.31. The monoisotopic (exact) mass is 335 g/mol. The SMILES string of the molecule is CO[C@](C)(C(=O)Nc1cn(C)c(=O)n(C)c1=O)c1ccccc1F. The number of rotatable bonds is 4. The highest BCUT2D eigenvalue weighted by molar-refractivity contribution is 5.97. The first-order valence-corrected chi connectivity index (χ1v) is 7.10. The van der Waals surface area contributed by atoms with Crippen molar-refractivity contribution in [3.8, 4) is 0 Å². The zero-order chi connectivity index (χ0) is 18.1. The fourth-order valence-corrected chi connectivity index (χ4v) is 2.31. The number of aryl methyl sites for hydroxylation is 1. The third-order valence-corrected chi connectivity index (χ3v) is 3.92. The quantitative estimate of drug-likeness (QED) is 0.893. The molecule has 2 rings (SSSR count). The topological polar surface area (TPSA) is 82.3 Å². The summed E-state index contributed by atoms with van der Waals surface area (Å²) in [6, 6.07) is 5.71. The van der Waals surface area contributed by atoms with Crippen LogP contribution >= 0.6 is 0 Å². The Kier molecular flexibility index (Phi) is 4.70. The van der Waals surface area contributed by atoms with Crippen LogP contribution in [0.1, 0.15) is 12.5 Å². The second-order valence-corrected chi connectivity index (χ2v) is 5.47. The third-order valence-electron chi connectivity index (χ3n) is 3.92. The fraction of sp³-hybridized carbons (Fsp3) is 0.312. The van der Waals surface area contributed by atoms with Gasteiger partial charge in [-0.3, -0.25) is 14.2 Å². The molecule has 0 bridgehead atoms. The lowest BCUT2D eigenvalue weighted by Gasteiger charge is -2.27. The Balaban J connectivity index is 2.47. The van der Waals surface area contributed by atoms with Gasteiger partial charge >= 0.3 is 5.69 Å². The maximum Gasteiger partial charge on any atom is 0.330 e. The molecule has 24 heavy (non-hydrogen) atoms. The van der Waals surface area contributed by atoms with Crippen molar-refractivity contribution in [2.75, 3.05) is 12.4 Å². The van der Waals surface area contributed by atoms with Crippen LogP contribution in [0.4, 0.5) is 10.1 Å². The molecule has 0 saturated heterocycles. The Morgan fingerprint density at radius 2 is 1.88 bits per heavy atom. The van der Waals surface area contributed by atoms with Crippen LogP contribution < -0.4 is 16.6 Å². The van der Waals surface area contributed by atoms with Crippen LogP contribution in [0.15, 0.2) is 40.1 Å². The van der Waals surface area contributed by atoms with Crippen molar-refractivity contribution in [2.24, 2.45) is 14.1 Å². The maximum atomic E-state index is 14.1. The average molecular weight is 335 g/mol. The lowest BCUT2D eigenvalue weighted by molar-refractivity contribution is -0.137. The van der Waals surface area contributed by atoms with Crippen LogP contribution in [0, 0.1) is 5.82 Å². The van der Waals surface area contributed by atoms with Gasteiger partial charge in [0.05, 0.1) is 0 Å². The van der Waals surface area contributed by atoms with E-state index in [1.165, 1.54) is 52.5 Å². The van der Waals surface area contributed by atoms with E-state index in [0.717, 1.165) is 9.13 Å². The summed E-state index contributed by atoms with van der Waals surface area (Å²) in [6.07, 6.45) is 1.21. The minimum atomic E-state index is -1.65. The highest BCUT2D eigenvalue weighted by Gasteiger charge is 2.38. The smallest absolute Gasteiger partial charge is 0.330 e. The van der Waals surface area contributed by atoms with Gasteiger partial charge in [-0.15, -0.1) is 0 Å². The van der Waals surface area contributed by atoms with E-state index < -0.39 is 28.6 Å². The van der Waals surface area contributed by atoms with Crippen LogP contribution in [-0.4, -0.2) is 22.2 Å². The number of methoxy groups -OCH3 is 1. The molecular weight excluding hydrogens is 317 g/mol. The number of nitrogens with zero attached hydrogens (tertiary/aromatic N) is 2. The van der Waals surface area contributed by atoms with Gasteiger partial charge < -0.3 is 14.6 Å². The van der Waals surface area contributed by atoms with Crippen LogP contribution in [0.2, 0.25) is 0 Å². The summed E-state index contributed by atoms with van der Waals surface area (Å²) in [5.41, 5.74) is -2.92. The molecule has 2 aromatic rings. The van der Waals surface area contributed by atoms with Crippen molar-refractivity contribution in [3.63, 3.8) is 0 Å². The van der Waals surface area contributed by atoms with Crippen molar-refractivity contribution in [3.05, 3.63) is 62.7 Å². The summed E-state index contributed by atoms with van der Waals surface area (Å²) in [4.78, 5) is 36.4. The van der Waals surface area contributed by atoms with Crippen molar-refractivity contribution in [1.29, 1.82) is 0 Å². The van der Waals surface area contributed by atoms with Crippen LogP contribution in [-0.2, 0) is 29.2 Å². The van der Waals surface area contributed by atoms with Gasteiger partial charge in [0.2, 0.25) is 0 Å². The molecular formula is C16H18FN3O4. The number of aromatic nitrogens is 2. The Labute approximate surface area is 137 Å². The molecule has 128 valence electrons. The van der Waals surface area contributed by atoms with E-state index in [0.29, 0.717) is 0 Å². The van der Waals surface area contributed by atoms with E-state index in [1.54, 1.807) is 6.07 Å². The van der Waals surface area contributed by atoms with E-state index in [-0.39, 0.29) is 11.3 Å². The zero-order valence-corrected chi connectivity index (χ0v) is 13.8. The van der Waals surface area contributed by atoms with Gasteiger partial charge in [-0.25, -0.2) is 9.18 Å². The van der Waals surface area contributed by atoms with Gasteiger partial charge in [-0.05, 0) is 13.0 Å². The molecule has 1 heterocycles. The lowest BCUT2D eigenvalue weighted by Crippen LogP contribution is -2.43. The highest BCUT2D eigenvalue weighted by Crippen LogP contribution is 2.28. The maximum absolute atomic E-state index is 14.1. The van der Waals surface area contributed by atoms with Gasteiger partial charge in [-0.1, -0.05) is 18.2 Å². The molecule has 0 spiro atoms. The molecule has 8 heteroatoms. The number of carbonyl (C=O) groups is 1. The minimum Gasteiger partial charge on any atom is -0.364 e. The van der Waals surface area contributed by atoms with Crippen molar-refractivity contribution < 1.29 is 13.9 Å². The second kappa shape index (κ2) is 6.40. The molecule has 7 nitrogen and oxygen atoms in total. The van der Waals surface area contributed by atoms with Gasteiger partial charge in [0.25, 0.3) is 11.5 Å². The summed E-state index contributed by atoms with van der Waals surface area (Å²) >= 11 is 0. The lowest BCUT2D eigenvalue weighted by atomic mass is 9.94. The zero-order valence-electron chi connectivity index (χ0n) is 13.8. The molecule has 0 aliphatic rings. The Morgan fingerprint density at radius 3 is 2.46 bits per heavy atom. The largest absolute Gasteiger partial charge is 0.364 e. The Morgan fingerprint density at radius 1 is 1.25 bits per heavy atom. The molecule has 0 saturated carbocycles. The summed E-state index contributed by atoms with van der Waals surface area (Å²) in [5.74, 6) is -1.34. The van der Waals surface area contributed by atoms with Crippen molar-refractivity contribution in [2.45, 2.75) is 12.5 Å². The molecule has 1 amide bonds. The predicted molar refractivity (Wildman–Crippen MR) is 86.3 cm³/mol. The standard InChI is InChI=1S/C16H18FN3O4/c1-16(24-4,10-7-5-6-8-11(10)17)14(22)18-12-9-19(2)15(23)20(3)13(12)21/h5-9H,1-4H3,(H,18,22)/t16-/m0/s1. The molecule has 0 radical (unpaired) electrons. The number of amides is 1. The summed E-state index contributed by atoms with van der Waals surface area (Å²) in [6.45, 7) is 1.40. The van der Waals surface area contributed by atoms with E-state index in [9.17, 15) is 18.8 Å². The molecule has 1 atom stereocenters. The van der Waals surface area contributed by atoms with E-state index >= 15 is 0 Å². The van der Waals surface area contributed by atoms with Gasteiger partial charge in [0.1, 0.15) is 11.5 Å². The molecule has 0 aliphatic carbocycles. The van der Waals surface area contributed by atoms with Crippen molar-refractivity contribution in [1.82, 2.24) is 9.13 Å². The number of nitrogens with one attached hydrogen (secondary N) is 1. The first kappa shape index (κ1) is 17.6. The van der Waals surface area contributed by atoms with E-state index in [4.69, 9.17) is 4.74 Å². The highest BCUT2D eigenvalue weighted by atomic mass is 19.1. The van der Waals surface area contributed by atoms with E-state index in [1.807, 2.05) is 0 Å². The number of hydrogen-bond acceptors (Lipinski definition) is 4. The number of hydrogen-bond donors (Lipinski definition) is 1. The minimum absolute atomic E-state index is 0.0339. The summed E-state index contributed by atoms with van der Waals surface area (Å²) in [5, 5.41) is 2.41. The van der Waals surface area contributed by atoms with Crippen LogP contribution in [0.3, 0.4) is 0 Å². The second-order valence-electron chi connectivity index (χ2n) is 5.47. The number of benzene rings is 1. The van der Waals surface area contributed by atoms with E-state index in [2.05, 4.69) is 5.32 Å². The molecule has 0 aliphatic heterocycles. The predicted octanol–water partition coefficient (Wildman–Crippen LogP) is 0.723. The summed E-state index contributed by atoms with van der Waals surface area (Å²) < 4.78 is 21.3. The third kappa shape index (κ3) is 2.88. The normalized spacial score (nSPS) is 13.4.